The van der Waals surface area contributed by atoms with Crippen LogP contribution >= 0.6 is 0 Å². The summed E-state index contributed by atoms with van der Waals surface area (Å²) in [6, 6.07) is 17.1. The first-order valence-corrected chi connectivity index (χ1v) is 8.52. The first-order chi connectivity index (χ1) is 12.6. The van der Waals surface area contributed by atoms with Crippen molar-refractivity contribution in [3.05, 3.63) is 82.8 Å². The molecule has 1 heterocycles. The van der Waals surface area contributed by atoms with E-state index in [1.165, 1.54) is 0 Å². The van der Waals surface area contributed by atoms with Crippen molar-refractivity contribution in [2.45, 2.75) is 20.8 Å². The number of aromatic nitrogens is 2. The van der Waals surface area contributed by atoms with Crippen LogP contribution in [0.15, 0.2) is 65.8 Å². The Balaban J connectivity index is 2.01. The molecule has 5 heteroatoms. The maximum Gasteiger partial charge on any atom is 0.277 e. The number of carbonyl (C=O) groups is 1. The fourth-order valence-electron chi connectivity index (χ4n) is 2.70. The summed E-state index contributed by atoms with van der Waals surface area (Å²) in [5.74, 6) is 0.248. The average Bonchev–Trinajstić information content (AvgIpc) is 2.63. The summed E-state index contributed by atoms with van der Waals surface area (Å²) in [7, 11) is 0. The summed E-state index contributed by atoms with van der Waals surface area (Å²) in [5, 5.41) is 4.86. The highest BCUT2D eigenvalue weighted by Gasteiger charge is 2.09. The van der Waals surface area contributed by atoms with Crippen molar-refractivity contribution in [1.29, 1.82) is 0 Å². The molecule has 0 radical (unpaired) electrons. The van der Waals surface area contributed by atoms with E-state index in [-0.39, 0.29) is 5.91 Å². The van der Waals surface area contributed by atoms with E-state index in [1.54, 1.807) is 23.0 Å². The second-order valence-electron chi connectivity index (χ2n) is 5.97. The van der Waals surface area contributed by atoms with Crippen LogP contribution in [0.5, 0.6) is 5.88 Å². The van der Waals surface area contributed by atoms with Crippen LogP contribution in [0, 0.1) is 13.8 Å². The van der Waals surface area contributed by atoms with Gasteiger partial charge < -0.3 is 4.74 Å². The molecule has 1 amide bonds. The van der Waals surface area contributed by atoms with Crippen molar-refractivity contribution in [3.63, 3.8) is 0 Å². The van der Waals surface area contributed by atoms with Crippen molar-refractivity contribution < 1.29 is 9.53 Å². The van der Waals surface area contributed by atoms with Gasteiger partial charge in [0.25, 0.3) is 5.91 Å². The SMILES string of the molecule is CCOc1c/c(=N\C(=O)c2ccc(C)cc2C)cnn1-c1ccccc1. The highest BCUT2D eigenvalue weighted by molar-refractivity contribution is 5.96. The van der Waals surface area contributed by atoms with Gasteiger partial charge in [0.15, 0.2) is 0 Å². The topological polar surface area (TPSA) is 56.5 Å². The van der Waals surface area contributed by atoms with E-state index in [1.807, 2.05) is 63.2 Å². The van der Waals surface area contributed by atoms with Gasteiger partial charge in [-0.25, -0.2) is 9.67 Å². The van der Waals surface area contributed by atoms with E-state index in [4.69, 9.17) is 4.74 Å². The zero-order chi connectivity index (χ0) is 18.5. The molecule has 0 bridgehead atoms. The molecule has 0 saturated heterocycles. The van der Waals surface area contributed by atoms with Gasteiger partial charge in [0.2, 0.25) is 5.88 Å². The Bertz CT molecular complexity index is 992. The molecule has 5 nitrogen and oxygen atoms in total. The van der Waals surface area contributed by atoms with Crippen LogP contribution in [0.3, 0.4) is 0 Å². The molecule has 132 valence electrons. The minimum Gasteiger partial charge on any atom is -0.478 e. The van der Waals surface area contributed by atoms with Crippen LogP contribution in [-0.2, 0) is 0 Å². The summed E-state index contributed by atoms with van der Waals surface area (Å²) < 4.78 is 7.37. The van der Waals surface area contributed by atoms with Crippen molar-refractivity contribution in [2.75, 3.05) is 6.61 Å². The Morgan fingerprint density at radius 3 is 2.58 bits per heavy atom. The van der Waals surface area contributed by atoms with Crippen molar-refractivity contribution in [2.24, 2.45) is 4.99 Å². The van der Waals surface area contributed by atoms with Gasteiger partial charge >= 0.3 is 0 Å². The maximum atomic E-state index is 12.5. The van der Waals surface area contributed by atoms with Gasteiger partial charge in [-0.3, -0.25) is 4.79 Å². The lowest BCUT2D eigenvalue weighted by Gasteiger charge is -2.11. The predicted molar refractivity (Wildman–Crippen MR) is 101 cm³/mol. The first-order valence-electron chi connectivity index (χ1n) is 8.52. The number of nitrogens with zero attached hydrogens (tertiary/aromatic N) is 3. The van der Waals surface area contributed by atoms with E-state index in [2.05, 4.69) is 10.1 Å². The third kappa shape index (κ3) is 3.88. The first kappa shape index (κ1) is 17.6. The number of para-hydroxylation sites is 1. The third-order valence-electron chi connectivity index (χ3n) is 3.92. The quantitative estimate of drug-likeness (QED) is 0.724. The summed E-state index contributed by atoms with van der Waals surface area (Å²) in [4.78, 5) is 16.7. The van der Waals surface area contributed by atoms with Gasteiger partial charge in [0, 0.05) is 11.6 Å². The molecule has 2 aromatic carbocycles. The lowest BCUT2D eigenvalue weighted by molar-refractivity contribution is 0.0998. The summed E-state index contributed by atoms with van der Waals surface area (Å²) in [6.07, 6.45) is 1.57. The number of benzene rings is 2. The van der Waals surface area contributed by atoms with Gasteiger partial charge in [-0.1, -0.05) is 35.9 Å². The number of amides is 1. The summed E-state index contributed by atoms with van der Waals surface area (Å²) in [5.41, 5.74) is 3.49. The molecule has 0 unspecified atom stereocenters. The number of carbonyl (C=O) groups excluding carboxylic acids is 1. The summed E-state index contributed by atoms with van der Waals surface area (Å²) in [6.45, 7) is 6.30. The molecule has 0 saturated carbocycles. The number of rotatable bonds is 4. The van der Waals surface area contributed by atoms with Crippen molar-refractivity contribution in [3.8, 4) is 11.6 Å². The molecule has 3 aromatic rings. The Kier molecular flexibility index (Phi) is 5.27. The van der Waals surface area contributed by atoms with Crippen LogP contribution < -0.4 is 10.1 Å². The Labute approximate surface area is 152 Å². The highest BCUT2D eigenvalue weighted by atomic mass is 16.5. The second-order valence-corrected chi connectivity index (χ2v) is 5.97. The molecule has 26 heavy (non-hydrogen) atoms. The molecule has 0 N–H and O–H groups in total. The number of ether oxygens (including phenoxy) is 1. The molecular weight excluding hydrogens is 326 g/mol. The lowest BCUT2D eigenvalue weighted by Crippen LogP contribution is -2.15. The van der Waals surface area contributed by atoms with Gasteiger partial charge in [-0.05, 0) is 44.5 Å². The maximum absolute atomic E-state index is 12.5. The molecule has 0 spiro atoms. The third-order valence-corrected chi connectivity index (χ3v) is 3.92. The largest absolute Gasteiger partial charge is 0.478 e. The second kappa shape index (κ2) is 7.78. The van der Waals surface area contributed by atoms with Gasteiger partial charge in [0.05, 0.1) is 23.8 Å². The number of hydrogen-bond donors (Lipinski definition) is 0. The van der Waals surface area contributed by atoms with Gasteiger partial charge in [-0.15, -0.1) is 0 Å². The molecule has 0 aliphatic carbocycles. The van der Waals surface area contributed by atoms with E-state index in [0.29, 0.717) is 23.4 Å². The normalized spacial score (nSPS) is 11.4. The van der Waals surface area contributed by atoms with Crippen LogP contribution in [-0.4, -0.2) is 22.3 Å². The zero-order valence-corrected chi connectivity index (χ0v) is 15.1. The molecule has 0 aliphatic rings. The fraction of sp³-hybridized carbons (Fsp3) is 0.190. The van der Waals surface area contributed by atoms with E-state index in [0.717, 1.165) is 16.8 Å². The Hall–Kier alpha value is -3.21. The van der Waals surface area contributed by atoms with Gasteiger partial charge in [-0.2, -0.15) is 5.10 Å². The minimum absolute atomic E-state index is 0.288. The molecule has 0 fully saturated rings. The Morgan fingerprint density at radius 1 is 1.12 bits per heavy atom. The van der Waals surface area contributed by atoms with Crippen LogP contribution in [0.4, 0.5) is 0 Å². The lowest BCUT2D eigenvalue weighted by atomic mass is 10.1. The van der Waals surface area contributed by atoms with Crippen molar-refractivity contribution >= 4 is 5.91 Å². The number of hydrogen-bond acceptors (Lipinski definition) is 3. The minimum atomic E-state index is -0.288. The standard InChI is InChI=1S/C21H21N3O2/c1-4-26-20-13-17(14-22-24(20)18-8-6-5-7-9-18)23-21(25)19-11-10-15(2)12-16(19)3/h5-14H,4H2,1-3H3/b23-17+. The van der Waals surface area contributed by atoms with Crippen LogP contribution in [0.1, 0.15) is 28.4 Å². The van der Waals surface area contributed by atoms with Crippen molar-refractivity contribution in [1.82, 2.24) is 9.78 Å². The van der Waals surface area contributed by atoms with Gasteiger partial charge in [0.1, 0.15) is 0 Å². The smallest absolute Gasteiger partial charge is 0.277 e. The molecule has 1 aromatic heterocycles. The fourth-order valence-corrected chi connectivity index (χ4v) is 2.70. The van der Waals surface area contributed by atoms with E-state index >= 15 is 0 Å². The van der Waals surface area contributed by atoms with Crippen LogP contribution in [0.25, 0.3) is 5.69 Å². The van der Waals surface area contributed by atoms with Crippen LogP contribution in [0.2, 0.25) is 0 Å². The average molecular weight is 347 g/mol. The number of aryl methyl sites for hydroxylation is 2. The predicted octanol–water partition coefficient (Wildman–Crippen LogP) is 3.63. The van der Waals surface area contributed by atoms with E-state index in [9.17, 15) is 4.79 Å². The zero-order valence-electron chi connectivity index (χ0n) is 15.1. The Morgan fingerprint density at radius 2 is 1.88 bits per heavy atom. The molecule has 0 atom stereocenters. The van der Waals surface area contributed by atoms with E-state index < -0.39 is 0 Å². The summed E-state index contributed by atoms with van der Waals surface area (Å²) >= 11 is 0. The molecule has 0 aliphatic heterocycles. The molecule has 3 rings (SSSR count). The highest BCUT2D eigenvalue weighted by Crippen LogP contribution is 2.14. The molecular formula is C21H21N3O2. The monoisotopic (exact) mass is 347 g/mol.